The van der Waals surface area contributed by atoms with Crippen LogP contribution in [-0.2, 0) is 70.1 Å². The molecule has 0 aliphatic carbocycles. The van der Waals surface area contributed by atoms with Gasteiger partial charge >= 0.3 is 11.9 Å². The van der Waals surface area contributed by atoms with Crippen LogP contribution in [0.2, 0.25) is 18.1 Å². The van der Waals surface area contributed by atoms with Crippen LogP contribution in [0.3, 0.4) is 0 Å². The van der Waals surface area contributed by atoms with Gasteiger partial charge in [0.2, 0.25) is 20.1 Å². The van der Waals surface area contributed by atoms with Crippen LogP contribution in [0.5, 0.6) is 11.5 Å². The number of phenols is 1. The monoisotopic (exact) mass is 1310 g/mol. The highest BCUT2D eigenvalue weighted by molar-refractivity contribution is 6.74. The lowest BCUT2D eigenvalue weighted by Gasteiger charge is -2.36. The first-order valence-electron chi connectivity index (χ1n) is 34.2. The summed E-state index contributed by atoms with van der Waals surface area (Å²) in [5.74, 6) is -3.93. The predicted octanol–water partition coefficient (Wildman–Crippen LogP) is 10.4. The first kappa shape index (κ1) is 77.4. The number of allylic oxidation sites excluding steroid dienone is 4. The molecule has 6 rings (SSSR count). The first-order chi connectivity index (χ1) is 44.1. The van der Waals surface area contributed by atoms with Crippen LogP contribution in [0.1, 0.15) is 176 Å². The number of phenolic OH excluding ortho intramolecular Hbond substituents is 1. The van der Waals surface area contributed by atoms with E-state index in [0.29, 0.717) is 70.4 Å². The molecule has 20 nitrogen and oxygen atoms in total. The van der Waals surface area contributed by atoms with E-state index in [-0.39, 0.29) is 108 Å². The van der Waals surface area contributed by atoms with Crippen molar-refractivity contribution in [2.24, 2.45) is 35.5 Å². The minimum absolute atomic E-state index is 0.00367. The van der Waals surface area contributed by atoms with Crippen LogP contribution in [0.15, 0.2) is 72.8 Å². The summed E-state index contributed by atoms with van der Waals surface area (Å²) >= 11 is 0. The summed E-state index contributed by atoms with van der Waals surface area (Å²) < 4.78 is 29.1. The third-order valence-electron chi connectivity index (χ3n) is 19.0. The van der Waals surface area contributed by atoms with Gasteiger partial charge in [0.25, 0.3) is 11.8 Å². The number of hydrazine groups is 2. The van der Waals surface area contributed by atoms with Gasteiger partial charge in [0.15, 0.2) is 0 Å². The van der Waals surface area contributed by atoms with Crippen molar-refractivity contribution >= 4 is 55.5 Å². The molecular weight excluding hydrogens is 1200 g/mol. The number of ketones is 2. The zero-order valence-corrected chi connectivity index (χ0v) is 59.1. The van der Waals surface area contributed by atoms with E-state index in [1.807, 2.05) is 65.8 Å². The predicted molar refractivity (Wildman–Crippen MR) is 362 cm³/mol. The quantitative estimate of drug-likeness (QED) is 0.0842. The summed E-state index contributed by atoms with van der Waals surface area (Å²) in [5.41, 5.74) is 7.61. The number of carbonyl (C=O) groups is 8. The first-order valence-corrected chi connectivity index (χ1v) is 37.1. The highest BCUT2D eigenvalue weighted by Crippen LogP contribution is 2.38. The third-order valence-corrected chi connectivity index (χ3v) is 23.4. The zero-order valence-electron chi connectivity index (χ0n) is 58.1. The van der Waals surface area contributed by atoms with Gasteiger partial charge in [0.05, 0.1) is 25.4 Å². The maximum absolute atomic E-state index is 14.3. The second kappa shape index (κ2) is 38.3. The van der Waals surface area contributed by atoms with Gasteiger partial charge in [0.1, 0.15) is 47.2 Å². The Bertz CT molecular complexity index is 2820. The number of esters is 2. The molecule has 21 heteroatoms. The number of hydrogen-bond donors (Lipinski definition) is 5. The largest absolute Gasteiger partial charge is 0.543 e. The summed E-state index contributed by atoms with van der Waals surface area (Å²) in [5, 5.41) is 18.8. The lowest BCUT2D eigenvalue weighted by molar-refractivity contribution is -0.154. The lowest BCUT2D eigenvalue weighted by atomic mass is 9.84. The van der Waals surface area contributed by atoms with Crippen molar-refractivity contribution in [3.05, 3.63) is 84.0 Å². The van der Waals surface area contributed by atoms with Crippen molar-refractivity contribution in [1.82, 2.24) is 31.5 Å². The Morgan fingerprint density at radius 3 is 1.41 bits per heavy atom. The van der Waals surface area contributed by atoms with Crippen molar-refractivity contribution in [2.75, 3.05) is 40.5 Å². The molecule has 2 aromatic carbocycles. The molecule has 2 aromatic rings. The number of ether oxygens (including phenoxy) is 4. The van der Waals surface area contributed by atoms with Crippen LogP contribution in [0, 0.1) is 35.5 Å². The van der Waals surface area contributed by atoms with E-state index in [1.165, 1.54) is 16.1 Å². The van der Waals surface area contributed by atoms with Gasteiger partial charge < -0.3 is 39.1 Å². The minimum atomic E-state index is -2.13. The molecule has 0 saturated carbocycles. The average Bonchev–Trinajstić information content (AvgIpc) is 0.965. The maximum atomic E-state index is 14.3. The van der Waals surface area contributed by atoms with E-state index < -0.39 is 56.2 Å². The number of benzene rings is 2. The Labute approximate surface area is 555 Å². The van der Waals surface area contributed by atoms with Crippen LogP contribution in [0.25, 0.3) is 0 Å². The minimum Gasteiger partial charge on any atom is -0.543 e. The molecule has 4 aliphatic heterocycles. The summed E-state index contributed by atoms with van der Waals surface area (Å²) in [6.07, 6.45) is 18.4. The van der Waals surface area contributed by atoms with E-state index in [2.05, 4.69) is 79.7 Å². The normalized spacial score (nSPS) is 27.5. The van der Waals surface area contributed by atoms with Crippen molar-refractivity contribution < 1.29 is 66.8 Å². The fourth-order valence-corrected chi connectivity index (χ4v) is 12.8. The Morgan fingerprint density at radius 2 is 1.00 bits per heavy atom. The van der Waals surface area contributed by atoms with Crippen LogP contribution in [-0.4, -0.2) is 147 Å². The molecule has 4 bridgehead atoms. The Kier molecular flexibility index (Phi) is 31.9. The number of rotatable bonds is 10. The number of nitrogens with zero attached hydrogens (tertiary/aromatic N) is 2. The molecule has 0 spiro atoms. The Morgan fingerprint density at radius 1 is 0.581 bits per heavy atom. The molecule has 518 valence electrons. The number of methoxy groups -OCH3 is 2. The van der Waals surface area contributed by atoms with E-state index in [4.69, 9.17) is 23.4 Å². The van der Waals surface area contributed by atoms with Crippen LogP contribution < -0.4 is 25.9 Å². The molecule has 0 aromatic heterocycles. The summed E-state index contributed by atoms with van der Waals surface area (Å²) in [4.78, 5) is 109. The van der Waals surface area contributed by atoms with Gasteiger partial charge in [-0.2, -0.15) is 0 Å². The summed E-state index contributed by atoms with van der Waals surface area (Å²) in [6.45, 7) is 23.6. The number of hydrogen-bond acceptors (Lipinski definition) is 16. The number of amides is 4. The lowest BCUT2D eigenvalue weighted by Crippen LogP contribution is -2.60. The maximum Gasteiger partial charge on any atom is 0.324 e. The molecule has 4 heterocycles. The molecule has 93 heavy (non-hydrogen) atoms. The van der Waals surface area contributed by atoms with Gasteiger partial charge in [-0.25, -0.2) is 10.9 Å². The Balaban J connectivity index is 0.000000341. The summed E-state index contributed by atoms with van der Waals surface area (Å²) in [6, 6.07) is 11.0. The average molecular weight is 1310 g/mol. The van der Waals surface area contributed by atoms with Gasteiger partial charge in [-0.05, 0) is 155 Å². The second-order valence-electron chi connectivity index (χ2n) is 27.9. The summed E-state index contributed by atoms with van der Waals surface area (Å²) in [7, 11) is 1.10. The standard InChI is InChI=1S/C39H63N3O7Si.C33H49N3O7/c1-27(2)31-26-34(43)28(3)35(47-7)21-14-12-10-11-13-15-23-48-38(46)32-20-17-22-42(41-32)37(45)33(40-36(31)44)25-29-18-16-19-30(24-29)49-50(8,9)39(4,5)6;1-22(2)26-21-29(38)23(3)30(42-4)16-9-7-5-6-8-10-18-43-33(41)27-15-12-17-36(35-27)32(40)28(34-31(26)39)20-24-13-11-14-25(37)19-24/h10,12,16,18-19,24,27-28,31-33,35,41H,11,13-15,17,20-23,25-26H2,1-9H3,(H,40,44);5,7,11,13-14,19,22-23,26-28,30,35,37H,6,8-10,12,15-18,20-21H2,1-4H3,(H,34,39)/b12-10+;7-5+/t28-,31-,32-,33-,35+;23-,26-,27-,28-,30+/m00/s1. The third kappa shape index (κ3) is 24.8. The van der Waals surface area contributed by atoms with Crippen LogP contribution >= 0.6 is 0 Å². The van der Waals surface area contributed by atoms with E-state index in [1.54, 1.807) is 32.4 Å². The zero-order chi connectivity index (χ0) is 68.4. The van der Waals surface area contributed by atoms with Gasteiger partial charge in [-0.15, -0.1) is 0 Å². The highest BCUT2D eigenvalue weighted by Gasteiger charge is 2.41. The smallest absolute Gasteiger partial charge is 0.324 e. The van der Waals surface area contributed by atoms with Crippen molar-refractivity contribution in [2.45, 2.75) is 232 Å². The van der Waals surface area contributed by atoms with E-state index in [9.17, 15) is 43.5 Å². The van der Waals surface area contributed by atoms with Gasteiger partial charge in [0, 0.05) is 76.7 Å². The molecule has 0 radical (unpaired) electrons. The Hall–Kier alpha value is -6.26. The number of aromatic hydroxyl groups is 1. The molecule has 2 fully saturated rings. The van der Waals surface area contributed by atoms with Gasteiger partial charge in [-0.3, -0.25) is 48.4 Å². The molecule has 4 aliphatic rings. The van der Waals surface area contributed by atoms with E-state index in [0.717, 1.165) is 62.7 Å². The number of carbonyl (C=O) groups excluding carboxylic acids is 8. The fourth-order valence-electron chi connectivity index (χ4n) is 11.8. The highest BCUT2D eigenvalue weighted by atomic mass is 28.4. The number of cyclic esters (lactones) is 2. The topological polar surface area (TPSA) is 258 Å². The van der Waals surface area contributed by atoms with Crippen molar-refractivity contribution in [1.29, 1.82) is 0 Å². The van der Waals surface area contributed by atoms with Crippen LogP contribution in [0.4, 0.5) is 0 Å². The molecule has 5 N–H and O–H groups in total. The number of fused-ring (bicyclic) bond motifs is 4. The van der Waals surface area contributed by atoms with E-state index >= 15 is 0 Å². The van der Waals surface area contributed by atoms with Gasteiger partial charge in [-0.1, -0.05) is 111 Å². The fraction of sp³-hybridized carbons (Fsp3) is 0.667. The van der Waals surface area contributed by atoms with Crippen molar-refractivity contribution in [3.63, 3.8) is 0 Å². The second-order valence-corrected chi connectivity index (χ2v) is 32.7. The number of Topliss-reactive ketones (excluding diaryl/α,β-unsaturated/α-hetero) is 2. The molecular formula is C72H112N6O14Si. The van der Waals surface area contributed by atoms with Crippen molar-refractivity contribution in [3.8, 4) is 11.5 Å². The molecule has 0 unspecified atom stereocenters. The SMILES string of the molecule is CO[C@@H]1CC/C=C/CCCCOC(=O)[C@@H]2CCCN(N2)C(=O)[C@H](Cc2cccc(O)c2)NC(=O)[C@H](C(C)C)CC(=O)[C@@H]1C.CO[C@@H]1CC/C=C/CCCCOC(=O)[C@@H]2CCCN(N2)C(=O)[C@H](Cc2cccc(O[Si](C)(C)C(C)(C)C)c2)NC(=O)[C@H](C(C)C)CC(=O)[C@@H]1C. The molecule has 2 saturated heterocycles. The molecule has 10 atom stereocenters. The molecule has 4 amide bonds. The number of nitrogens with one attached hydrogen (secondary N) is 4.